The molecule has 1 atom stereocenters. The normalized spacial score (nSPS) is 22.4. The van der Waals surface area contributed by atoms with Crippen molar-refractivity contribution in [2.24, 2.45) is 0 Å². The van der Waals surface area contributed by atoms with Crippen LogP contribution in [-0.4, -0.2) is 47.1 Å². The van der Waals surface area contributed by atoms with Gasteiger partial charge < -0.3 is 4.90 Å². The first kappa shape index (κ1) is 11.8. The zero-order valence-electron chi connectivity index (χ0n) is 9.73. The smallest absolute Gasteiger partial charge is 0.146 e. The summed E-state index contributed by atoms with van der Waals surface area (Å²) in [6.45, 7) is 8.78. The van der Waals surface area contributed by atoms with E-state index >= 15 is 0 Å². The maximum Gasteiger partial charge on any atom is 0.146 e. The molecular formula is C11H17BrN4. The minimum Gasteiger partial charge on any atom is -0.353 e. The van der Waals surface area contributed by atoms with Crippen LogP contribution in [0.3, 0.4) is 0 Å². The molecule has 0 aliphatic carbocycles. The molecule has 1 fully saturated rings. The summed E-state index contributed by atoms with van der Waals surface area (Å²) < 4.78 is 0.979. The summed E-state index contributed by atoms with van der Waals surface area (Å²) in [7, 11) is 0. The fraction of sp³-hybridized carbons (Fsp3) is 0.636. The van der Waals surface area contributed by atoms with Gasteiger partial charge in [0, 0.05) is 31.9 Å². The van der Waals surface area contributed by atoms with Gasteiger partial charge in [-0.25, -0.2) is 9.97 Å². The highest BCUT2D eigenvalue weighted by Crippen LogP contribution is 2.24. The molecule has 1 aromatic heterocycles. The van der Waals surface area contributed by atoms with Gasteiger partial charge in [0.15, 0.2) is 0 Å². The van der Waals surface area contributed by atoms with Gasteiger partial charge in [0.2, 0.25) is 0 Å². The number of halogens is 1. The van der Waals surface area contributed by atoms with Crippen LogP contribution < -0.4 is 4.90 Å². The summed E-state index contributed by atoms with van der Waals surface area (Å²) in [6, 6.07) is 0.584. The van der Waals surface area contributed by atoms with Crippen molar-refractivity contribution < 1.29 is 0 Å². The largest absolute Gasteiger partial charge is 0.353 e. The Morgan fingerprint density at radius 1 is 1.50 bits per heavy atom. The molecule has 0 bridgehead atoms. The number of hydrogen-bond donors (Lipinski definition) is 0. The van der Waals surface area contributed by atoms with Crippen LogP contribution in [0.25, 0.3) is 0 Å². The number of rotatable bonds is 2. The van der Waals surface area contributed by atoms with Crippen LogP contribution in [0.15, 0.2) is 17.0 Å². The van der Waals surface area contributed by atoms with Gasteiger partial charge in [-0.1, -0.05) is 6.92 Å². The van der Waals surface area contributed by atoms with E-state index in [0.717, 1.165) is 36.5 Å². The van der Waals surface area contributed by atoms with Crippen LogP contribution in [-0.2, 0) is 0 Å². The second kappa shape index (κ2) is 5.10. The fourth-order valence-corrected chi connectivity index (χ4v) is 2.67. The highest BCUT2D eigenvalue weighted by Gasteiger charge is 2.24. The third-order valence-corrected chi connectivity index (χ3v) is 3.68. The molecule has 1 unspecified atom stereocenters. The SMILES string of the molecule is CCN1CCN(c2ncncc2Br)CC1C. The summed E-state index contributed by atoms with van der Waals surface area (Å²) in [5.41, 5.74) is 0. The van der Waals surface area contributed by atoms with Crippen LogP contribution >= 0.6 is 15.9 Å². The van der Waals surface area contributed by atoms with Crippen LogP contribution in [0.5, 0.6) is 0 Å². The summed E-state index contributed by atoms with van der Waals surface area (Å²) in [6.07, 6.45) is 3.41. The van der Waals surface area contributed by atoms with E-state index in [4.69, 9.17) is 0 Å². The lowest BCUT2D eigenvalue weighted by Gasteiger charge is -2.40. The molecule has 2 rings (SSSR count). The fourth-order valence-electron chi connectivity index (χ4n) is 2.20. The molecule has 0 amide bonds. The molecule has 2 heterocycles. The first-order valence-corrected chi connectivity index (χ1v) is 6.46. The molecule has 0 N–H and O–H groups in total. The Hall–Kier alpha value is -0.680. The van der Waals surface area contributed by atoms with Crippen molar-refractivity contribution in [2.45, 2.75) is 19.9 Å². The Labute approximate surface area is 105 Å². The molecule has 0 spiro atoms. The first-order chi connectivity index (χ1) is 7.72. The zero-order valence-corrected chi connectivity index (χ0v) is 11.3. The van der Waals surface area contributed by atoms with Crippen LogP contribution in [0.1, 0.15) is 13.8 Å². The van der Waals surface area contributed by atoms with Gasteiger partial charge in [-0.3, -0.25) is 4.90 Å². The molecule has 1 saturated heterocycles. The first-order valence-electron chi connectivity index (χ1n) is 5.67. The maximum atomic E-state index is 4.34. The monoisotopic (exact) mass is 284 g/mol. The Kier molecular flexibility index (Phi) is 3.76. The third-order valence-electron chi connectivity index (χ3n) is 3.12. The lowest BCUT2D eigenvalue weighted by molar-refractivity contribution is 0.199. The molecule has 1 aliphatic heterocycles. The van der Waals surface area contributed by atoms with Gasteiger partial charge in [0.25, 0.3) is 0 Å². The van der Waals surface area contributed by atoms with Crippen LogP contribution in [0.2, 0.25) is 0 Å². The van der Waals surface area contributed by atoms with Gasteiger partial charge in [-0.2, -0.15) is 0 Å². The molecule has 0 aromatic carbocycles. The van der Waals surface area contributed by atoms with E-state index in [0.29, 0.717) is 6.04 Å². The number of anilines is 1. The number of likely N-dealkylation sites (N-methyl/N-ethyl adjacent to an activating group) is 1. The third kappa shape index (κ3) is 2.35. The predicted molar refractivity (Wildman–Crippen MR) is 68.7 cm³/mol. The van der Waals surface area contributed by atoms with E-state index in [1.807, 2.05) is 0 Å². The van der Waals surface area contributed by atoms with Crippen molar-refractivity contribution in [1.29, 1.82) is 0 Å². The Morgan fingerprint density at radius 2 is 2.31 bits per heavy atom. The van der Waals surface area contributed by atoms with Crippen LogP contribution in [0, 0.1) is 0 Å². The molecule has 88 valence electrons. The van der Waals surface area contributed by atoms with Crippen molar-refractivity contribution in [2.75, 3.05) is 31.1 Å². The standard InChI is InChI=1S/C11H17BrN4/c1-3-15-4-5-16(7-9(15)2)11-10(12)6-13-8-14-11/h6,8-9H,3-5,7H2,1-2H3. The second-order valence-corrected chi connectivity index (χ2v) is 4.97. The van der Waals surface area contributed by atoms with E-state index < -0.39 is 0 Å². The Morgan fingerprint density at radius 3 is 2.94 bits per heavy atom. The summed E-state index contributed by atoms with van der Waals surface area (Å²) in [5, 5.41) is 0. The Bertz CT molecular complexity index is 358. The van der Waals surface area contributed by atoms with Gasteiger partial charge in [0.05, 0.1) is 4.47 Å². The molecule has 5 heteroatoms. The lowest BCUT2D eigenvalue weighted by atomic mass is 10.2. The number of hydrogen-bond acceptors (Lipinski definition) is 4. The summed E-state index contributed by atoms with van der Waals surface area (Å²) in [4.78, 5) is 13.1. The minimum atomic E-state index is 0.584. The van der Waals surface area contributed by atoms with Crippen molar-refractivity contribution >= 4 is 21.7 Å². The van der Waals surface area contributed by atoms with Gasteiger partial charge in [0.1, 0.15) is 12.1 Å². The van der Waals surface area contributed by atoms with Gasteiger partial charge in [-0.05, 0) is 29.4 Å². The summed E-state index contributed by atoms with van der Waals surface area (Å²) >= 11 is 3.50. The molecule has 16 heavy (non-hydrogen) atoms. The minimum absolute atomic E-state index is 0.584. The highest BCUT2D eigenvalue weighted by atomic mass is 79.9. The van der Waals surface area contributed by atoms with E-state index in [1.165, 1.54) is 0 Å². The maximum absolute atomic E-state index is 4.34. The quantitative estimate of drug-likeness (QED) is 0.829. The number of piperazine rings is 1. The predicted octanol–water partition coefficient (Wildman–Crippen LogP) is 1.77. The van der Waals surface area contributed by atoms with E-state index in [1.54, 1.807) is 12.5 Å². The molecular weight excluding hydrogens is 268 g/mol. The molecule has 0 radical (unpaired) electrons. The summed E-state index contributed by atoms with van der Waals surface area (Å²) in [5.74, 6) is 1.01. The topological polar surface area (TPSA) is 32.3 Å². The number of nitrogens with zero attached hydrogens (tertiary/aromatic N) is 4. The van der Waals surface area contributed by atoms with Gasteiger partial charge in [-0.15, -0.1) is 0 Å². The van der Waals surface area contributed by atoms with Crippen molar-refractivity contribution in [3.8, 4) is 0 Å². The van der Waals surface area contributed by atoms with E-state index in [9.17, 15) is 0 Å². The zero-order chi connectivity index (χ0) is 11.5. The molecule has 0 saturated carbocycles. The van der Waals surface area contributed by atoms with Crippen molar-refractivity contribution in [1.82, 2.24) is 14.9 Å². The van der Waals surface area contributed by atoms with Crippen molar-refractivity contribution in [3.63, 3.8) is 0 Å². The highest BCUT2D eigenvalue weighted by molar-refractivity contribution is 9.10. The van der Waals surface area contributed by atoms with Crippen LogP contribution in [0.4, 0.5) is 5.82 Å². The number of aromatic nitrogens is 2. The molecule has 4 nitrogen and oxygen atoms in total. The average Bonchev–Trinajstić information content (AvgIpc) is 2.29. The molecule has 1 aromatic rings. The average molecular weight is 285 g/mol. The van der Waals surface area contributed by atoms with E-state index in [2.05, 4.69) is 49.5 Å². The lowest BCUT2D eigenvalue weighted by Crippen LogP contribution is -2.52. The molecule has 1 aliphatic rings. The second-order valence-electron chi connectivity index (χ2n) is 4.12. The van der Waals surface area contributed by atoms with Gasteiger partial charge >= 0.3 is 0 Å². The van der Waals surface area contributed by atoms with E-state index in [-0.39, 0.29) is 0 Å². The Balaban J connectivity index is 2.11. The van der Waals surface area contributed by atoms with Crippen molar-refractivity contribution in [3.05, 3.63) is 17.0 Å².